The van der Waals surface area contributed by atoms with Crippen molar-refractivity contribution in [3.63, 3.8) is 0 Å². The predicted octanol–water partition coefficient (Wildman–Crippen LogP) is 2.30. The molecule has 1 unspecified atom stereocenters. The van der Waals surface area contributed by atoms with Crippen molar-refractivity contribution >= 4 is 21.9 Å². The Morgan fingerprint density at radius 1 is 1.71 bits per heavy atom. The topological polar surface area (TPSA) is 31.2 Å². The summed E-state index contributed by atoms with van der Waals surface area (Å²) in [5.41, 5.74) is 1.07. The monoisotopic (exact) mass is 257 g/mol. The van der Waals surface area contributed by atoms with Crippen molar-refractivity contribution in [3.8, 4) is 0 Å². The van der Waals surface area contributed by atoms with Crippen LogP contribution in [0.3, 0.4) is 0 Å². The average Bonchev–Trinajstić information content (AvgIpc) is 2.69. The third-order valence-corrected chi connectivity index (χ3v) is 3.22. The van der Waals surface area contributed by atoms with E-state index in [1.807, 2.05) is 19.1 Å². The summed E-state index contributed by atoms with van der Waals surface area (Å²) in [5, 5.41) is 0. The van der Waals surface area contributed by atoms with Crippen LogP contribution >= 0.6 is 15.9 Å². The number of esters is 1. The molecule has 0 saturated heterocycles. The van der Waals surface area contributed by atoms with Crippen LogP contribution in [0.25, 0.3) is 0 Å². The molecule has 1 aromatic rings. The Hall–Kier alpha value is -0.770. The van der Waals surface area contributed by atoms with Crippen LogP contribution in [0.2, 0.25) is 0 Å². The highest BCUT2D eigenvalue weighted by Gasteiger charge is 2.30. The van der Waals surface area contributed by atoms with E-state index in [1.165, 1.54) is 0 Å². The van der Waals surface area contributed by atoms with E-state index < -0.39 is 0 Å². The normalized spacial score (nSPS) is 19.4. The van der Waals surface area contributed by atoms with Crippen molar-refractivity contribution in [3.05, 3.63) is 22.4 Å². The molecule has 2 heterocycles. The van der Waals surface area contributed by atoms with Gasteiger partial charge in [-0.05, 0) is 41.4 Å². The van der Waals surface area contributed by atoms with Gasteiger partial charge in [0, 0.05) is 12.2 Å². The molecule has 0 spiro atoms. The molecule has 0 N–H and O–H groups in total. The highest BCUT2D eigenvalue weighted by atomic mass is 79.9. The second-order valence-electron chi connectivity index (χ2n) is 3.33. The molecule has 0 bridgehead atoms. The number of aromatic nitrogens is 1. The molecule has 3 nitrogen and oxygen atoms in total. The molecule has 1 aliphatic rings. The van der Waals surface area contributed by atoms with Crippen molar-refractivity contribution in [2.24, 2.45) is 0 Å². The summed E-state index contributed by atoms with van der Waals surface area (Å²) >= 11 is 3.44. The van der Waals surface area contributed by atoms with Crippen LogP contribution in [0.1, 0.15) is 25.0 Å². The minimum Gasteiger partial charge on any atom is -0.465 e. The maximum absolute atomic E-state index is 11.6. The Labute approximate surface area is 91.2 Å². The first-order chi connectivity index (χ1) is 6.74. The summed E-state index contributed by atoms with van der Waals surface area (Å²) in [6.07, 6.45) is 0.855. The number of halogens is 1. The molecule has 0 aromatic carbocycles. The van der Waals surface area contributed by atoms with Gasteiger partial charge in [0.2, 0.25) is 0 Å². The van der Waals surface area contributed by atoms with E-state index in [0.717, 1.165) is 23.3 Å². The first-order valence-corrected chi connectivity index (χ1v) is 5.55. The Bertz CT molecular complexity index is 359. The molecule has 0 fully saturated rings. The molecule has 76 valence electrons. The number of hydrogen-bond acceptors (Lipinski definition) is 2. The van der Waals surface area contributed by atoms with Crippen LogP contribution in [0, 0.1) is 0 Å². The first-order valence-electron chi connectivity index (χ1n) is 4.75. The number of ether oxygens (including phenoxy) is 1. The van der Waals surface area contributed by atoms with E-state index in [4.69, 9.17) is 4.74 Å². The molecule has 0 amide bonds. The van der Waals surface area contributed by atoms with Gasteiger partial charge in [-0.2, -0.15) is 0 Å². The van der Waals surface area contributed by atoms with E-state index in [9.17, 15) is 4.79 Å². The number of nitrogens with zero attached hydrogens (tertiary/aromatic N) is 1. The minimum atomic E-state index is -0.100. The summed E-state index contributed by atoms with van der Waals surface area (Å²) in [6, 6.07) is 3.96. The first kappa shape index (κ1) is 9.77. The van der Waals surface area contributed by atoms with Gasteiger partial charge in [-0.15, -0.1) is 0 Å². The molecule has 4 heteroatoms. The number of carbonyl (C=O) groups excluding carboxylic acids is 1. The molecule has 0 saturated carbocycles. The van der Waals surface area contributed by atoms with Crippen molar-refractivity contribution in [2.75, 3.05) is 6.61 Å². The summed E-state index contributed by atoms with van der Waals surface area (Å²) in [4.78, 5) is 11.6. The maximum Gasteiger partial charge on any atom is 0.315 e. The van der Waals surface area contributed by atoms with Crippen LogP contribution in [0.4, 0.5) is 0 Å². The summed E-state index contributed by atoms with van der Waals surface area (Å²) < 4.78 is 8.18. The fraction of sp³-hybridized carbons (Fsp3) is 0.500. The van der Waals surface area contributed by atoms with Crippen LogP contribution in [0.5, 0.6) is 0 Å². The lowest BCUT2D eigenvalue weighted by atomic mass is 10.1. The number of fused-ring (bicyclic) bond motifs is 1. The lowest BCUT2D eigenvalue weighted by Crippen LogP contribution is -2.13. The number of rotatable bonds is 2. The second kappa shape index (κ2) is 3.77. The smallest absolute Gasteiger partial charge is 0.315 e. The molecule has 1 atom stereocenters. The summed E-state index contributed by atoms with van der Waals surface area (Å²) in [5.74, 6) is -0.168. The van der Waals surface area contributed by atoms with Crippen LogP contribution in [-0.2, 0) is 16.1 Å². The molecule has 1 aromatic heterocycles. The standard InChI is InChI=1S/C10H12BrNO2/c1-2-14-10(13)7-5-6-12-8(7)3-4-9(12)11/h3-4,7H,2,5-6H2,1H3. The zero-order valence-electron chi connectivity index (χ0n) is 8.00. The van der Waals surface area contributed by atoms with Crippen LogP contribution < -0.4 is 0 Å². The zero-order chi connectivity index (χ0) is 10.1. The molecule has 0 aliphatic carbocycles. The van der Waals surface area contributed by atoms with E-state index in [0.29, 0.717) is 6.61 Å². The highest BCUT2D eigenvalue weighted by Crippen LogP contribution is 2.33. The summed E-state index contributed by atoms with van der Waals surface area (Å²) in [6.45, 7) is 3.19. The van der Waals surface area contributed by atoms with Gasteiger partial charge in [0.15, 0.2) is 0 Å². The highest BCUT2D eigenvalue weighted by molar-refractivity contribution is 9.10. The van der Waals surface area contributed by atoms with E-state index in [2.05, 4.69) is 20.5 Å². The van der Waals surface area contributed by atoms with E-state index >= 15 is 0 Å². The molecule has 14 heavy (non-hydrogen) atoms. The van der Waals surface area contributed by atoms with Crippen molar-refractivity contribution in [1.29, 1.82) is 0 Å². The average molecular weight is 258 g/mol. The fourth-order valence-corrected chi connectivity index (χ4v) is 2.40. The van der Waals surface area contributed by atoms with E-state index in [1.54, 1.807) is 0 Å². The maximum atomic E-state index is 11.6. The lowest BCUT2D eigenvalue weighted by Gasteiger charge is -2.07. The van der Waals surface area contributed by atoms with Gasteiger partial charge in [-0.3, -0.25) is 4.79 Å². The van der Waals surface area contributed by atoms with Crippen molar-refractivity contribution in [2.45, 2.75) is 25.8 Å². The van der Waals surface area contributed by atoms with Crippen molar-refractivity contribution < 1.29 is 9.53 Å². The molecule has 1 aliphatic heterocycles. The van der Waals surface area contributed by atoms with Gasteiger partial charge in [0.25, 0.3) is 0 Å². The Kier molecular flexibility index (Phi) is 2.63. The molecular formula is C10H12BrNO2. The number of carbonyl (C=O) groups is 1. The SMILES string of the molecule is CCOC(=O)C1CCn2c(Br)ccc21. The molecular weight excluding hydrogens is 246 g/mol. The largest absolute Gasteiger partial charge is 0.465 e. The third kappa shape index (κ3) is 1.47. The van der Waals surface area contributed by atoms with Gasteiger partial charge in [-0.1, -0.05) is 0 Å². The zero-order valence-corrected chi connectivity index (χ0v) is 9.58. The fourth-order valence-electron chi connectivity index (χ4n) is 1.89. The van der Waals surface area contributed by atoms with Gasteiger partial charge in [0.05, 0.1) is 17.1 Å². The number of hydrogen-bond donors (Lipinski definition) is 0. The Morgan fingerprint density at radius 2 is 2.50 bits per heavy atom. The van der Waals surface area contributed by atoms with Crippen LogP contribution in [0.15, 0.2) is 16.7 Å². The Balaban J connectivity index is 2.21. The van der Waals surface area contributed by atoms with Crippen LogP contribution in [-0.4, -0.2) is 17.1 Å². The lowest BCUT2D eigenvalue weighted by molar-refractivity contribution is -0.144. The van der Waals surface area contributed by atoms with Gasteiger partial charge in [-0.25, -0.2) is 0 Å². The quantitative estimate of drug-likeness (QED) is 0.762. The Morgan fingerprint density at radius 3 is 3.21 bits per heavy atom. The van der Waals surface area contributed by atoms with Crippen molar-refractivity contribution in [1.82, 2.24) is 4.57 Å². The molecule has 2 rings (SSSR count). The van der Waals surface area contributed by atoms with Gasteiger partial charge in [0.1, 0.15) is 0 Å². The van der Waals surface area contributed by atoms with E-state index in [-0.39, 0.29) is 11.9 Å². The van der Waals surface area contributed by atoms with Gasteiger partial charge < -0.3 is 9.30 Å². The third-order valence-electron chi connectivity index (χ3n) is 2.53. The predicted molar refractivity (Wildman–Crippen MR) is 56.1 cm³/mol. The summed E-state index contributed by atoms with van der Waals surface area (Å²) in [7, 11) is 0. The second-order valence-corrected chi connectivity index (χ2v) is 4.14. The molecule has 0 radical (unpaired) electrons. The van der Waals surface area contributed by atoms with Gasteiger partial charge >= 0.3 is 5.97 Å². The minimum absolute atomic E-state index is 0.0683.